The van der Waals surface area contributed by atoms with Crippen molar-refractivity contribution in [1.82, 2.24) is 14.8 Å². The van der Waals surface area contributed by atoms with E-state index in [2.05, 4.69) is 10.1 Å². The molecular formula is C11H11F2N3. The Balaban J connectivity index is 2.54. The van der Waals surface area contributed by atoms with Crippen molar-refractivity contribution in [2.24, 2.45) is 0 Å². The zero-order chi connectivity index (χ0) is 11.7. The molecule has 3 nitrogen and oxygen atoms in total. The molecule has 0 fully saturated rings. The minimum absolute atomic E-state index is 0.118. The summed E-state index contributed by atoms with van der Waals surface area (Å²) in [4.78, 5) is 4.05. The van der Waals surface area contributed by atoms with E-state index >= 15 is 0 Å². The first-order valence-corrected chi connectivity index (χ1v) is 4.95. The van der Waals surface area contributed by atoms with Gasteiger partial charge < -0.3 is 0 Å². The molecule has 0 saturated heterocycles. The molecule has 16 heavy (non-hydrogen) atoms. The lowest BCUT2D eigenvalue weighted by Gasteiger charge is -2.08. The molecule has 1 aromatic heterocycles. The highest BCUT2D eigenvalue weighted by Crippen LogP contribution is 2.18. The van der Waals surface area contributed by atoms with Crippen molar-refractivity contribution in [3.05, 3.63) is 42.0 Å². The summed E-state index contributed by atoms with van der Waals surface area (Å²) in [7, 11) is 0. The standard InChI is InChI=1S/C11H11F2N3/c1-7(2)11-14-6-15-16(11)10-4-3-8(12)5-9(10)13/h3-7H,1-2H3. The highest BCUT2D eigenvalue weighted by molar-refractivity contribution is 5.33. The molecule has 0 atom stereocenters. The second-order valence-electron chi connectivity index (χ2n) is 3.78. The molecule has 1 aromatic carbocycles. The van der Waals surface area contributed by atoms with E-state index < -0.39 is 11.6 Å². The molecule has 0 bridgehead atoms. The fourth-order valence-electron chi connectivity index (χ4n) is 1.48. The first kappa shape index (κ1) is 10.7. The van der Waals surface area contributed by atoms with Crippen LogP contribution in [0, 0.1) is 11.6 Å². The second kappa shape index (κ2) is 4.00. The molecule has 0 aliphatic rings. The summed E-state index contributed by atoms with van der Waals surface area (Å²) in [5.74, 6) is -0.489. The van der Waals surface area contributed by atoms with Crippen LogP contribution in [-0.2, 0) is 0 Å². The van der Waals surface area contributed by atoms with E-state index in [-0.39, 0.29) is 11.6 Å². The van der Waals surface area contributed by atoms with Crippen molar-refractivity contribution in [2.45, 2.75) is 19.8 Å². The number of nitrogens with zero attached hydrogens (tertiary/aromatic N) is 3. The van der Waals surface area contributed by atoms with Crippen molar-refractivity contribution in [3.63, 3.8) is 0 Å². The average Bonchev–Trinajstić information content (AvgIpc) is 2.66. The molecule has 0 aliphatic heterocycles. The Labute approximate surface area is 91.7 Å². The molecule has 84 valence electrons. The molecule has 2 rings (SSSR count). The van der Waals surface area contributed by atoms with E-state index in [1.54, 1.807) is 0 Å². The van der Waals surface area contributed by atoms with Gasteiger partial charge in [-0.15, -0.1) is 0 Å². The first-order chi connectivity index (χ1) is 7.59. The molecule has 0 aliphatic carbocycles. The average molecular weight is 223 g/mol. The van der Waals surface area contributed by atoms with Crippen LogP contribution in [0.2, 0.25) is 0 Å². The van der Waals surface area contributed by atoms with Crippen LogP contribution in [-0.4, -0.2) is 14.8 Å². The van der Waals surface area contributed by atoms with Gasteiger partial charge in [-0.25, -0.2) is 18.4 Å². The van der Waals surface area contributed by atoms with E-state index in [0.29, 0.717) is 5.82 Å². The van der Waals surface area contributed by atoms with Crippen LogP contribution in [0.4, 0.5) is 8.78 Å². The van der Waals surface area contributed by atoms with Gasteiger partial charge in [0.1, 0.15) is 23.7 Å². The summed E-state index contributed by atoms with van der Waals surface area (Å²) in [5, 5.41) is 3.94. The zero-order valence-electron chi connectivity index (χ0n) is 8.98. The minimum Gasteiger partial charge on any atom is -0.219 e. The summed E-state index contributed by atoms with van der Waals surface area (Å²) in [6, 6.07) is 3.39. The maximum Gasteiger partial charge on any atom is 0.151 e. The number of benzene rings is 1. The van der Waals surface area contributed by atoms with Gasteiger partial charge in [0, 0.05) is 12.0 Å². The van der Waals surface area contributed by atoms with Crippen LogP contribution >= 0.6 is 0 Å². The van der Waals surface area contributed by atoms with E-state index in [1.165, 1.54) is 23.1 Å². The molecule has 2 aromatic rings. The van der Waals surface area contributed by atoms with Crippen LogP contribution in [0.1, 0.15) is 25.6 Å². The van der Waals surface area contributed by atoms with Gasteiger partial charge >= 0.3 is 0 Å². The zero-order valence-corrected chi connectivity index (χ0v) is 8.98. The molecule has 0 amide bonds. The number of hydrogen-bond donors (Lipinski definition) is 0. The predicted molar refractivity (Wildman–Crippen MR) is 55.4 cm³/mol. The lowest BCUT2D eigenvalue weighted by Crippen LogP contribution is -2.06. The summed E-state index contributed by atoms with van der Waals surface area (Å²) < 4.78 is 27.7. The summed E-state index contributed by atoms with van der Waals surface area (Å²) >= 11 is 0. The van der Waals surface area contributed by atoms with E-state index in [0.717, 1.165) is 6.07 Å². The molecule has 1 heterocycles. The summed E-state index contributed by atoms with van der Waals surface area (Å²) in [5.41, 5.74) is 0.211. The summed E-state index contributed by atoms with van der Waals surface area (Å²) in [6.07, 6.45) is 1.36. The van der Waals surface area contributed by atoms with Crippen LogP contribution in [0.25, 0.3) is 5.69 Å². The van der Waals surface area contributed by atoms with Gasteiger partial charge in [-0.05, 0) is 12.1 Å². The monoisotopic (exact) mass is 223 g/mol. The van der Waals surface area contributed by atoms with E-state index in [9.17, 15) is 8.78 Å². The third kappa shape index (κ3) is 1.80. The Morgan fingerprint density at radius 3 is 2.62 bits per heavy atom. The van der Waals surface area contributed by atoms with Crippen LogP contribution in [0.5, 0.6) is 0 Å². The lowest BCUT2D eigenvalue weighted by molar-refractivity contribution is 0.568. The summed E-state index contributed by atoms with van der Waals surface area (Å²) in [6.45, 7) is 3.86. The molecule has 0 unspecified atom stereocenters. The number of aromatic nitrogens is 3. The van der Waals surface area contributed by atoms with Gasteiger partial charge in [-0.2, -0.15) is 5.10 Å². The van der Waals surface area contributed by atoms with Gasteiger partial charge in [-0.1, -0.05) is 13.8 Å². The van der Waals surface area contributed by atoms with Crippen molar-refractivity contribution in [3.8, 4) is 5.69 Å². The van der Waals surface area contributed by atoms with Crippen molar-refractivity contribution < 1.29 is 8.78 Å². The number of rotatable bonds is 2. The predicted octanol–water partition coefficient (Wildman–Crippen LogP) is 2.67. The number of hydrogen-bond acceptors (Lipinski definition) is 2. The van der Waals surface area contributed by atoms with Gasteiger partial charge in [0.05, 0.1) is 0 Å². The Hall–Kier alpha value is -1.78. The fourth-order valence-corrected chi connectivity index (χ4v) is 1.48. The normalized spacial score (nSPS) is 11.1. The quantitative estimate of drug-likeness (QED) is 0.783. The Morgan fingerprint density at radius 2 is 2.00 bits per heavy atom. The fraction of sp³-hybridized carbons (Fsp3) is 0.273. The SMILES string of the molecule is CC(C)c1ncnn1-c1ccc(F)cc1F. The van der Waals surface area contributed by atoms with Gasteiger partial charge in [0.2, 0.25) is 0 Å². The second-order valence-corrected chi connectivity index (χ2v) is 3.78. The Morgan fingerprint density at radius 1 is 1.25 bits per heavy atom. The van der Waals surface area contributed by atoms with Crippen molar-refractivity contribution in [2.75, 3.05) is 0 Å². The third-order valence-corrected chi connectivity index (χ3v) is 2.23. The van der Waals surface area contributed by atoms with E-state index in [4.69, 9.17) is 0 Å². The third-order valence-electron chi connectivity index (χ3n) is 2.23. The number of halogens is 2. The minimum atomic E-state index is -0.646. The maximum absolute atomic E-state index is 13.5. The molecule has 0 N–H and O–H groups in total. The Kier molecular flexibility index (Phi) is 2.68. The lowest BCUT2D eigenvalue weighted by atomic mass is 10.2. The highest BCUT2D eigenvalue weighted by atomic mass is 19.1. The van der Waals surface area contributed by atoms with Crippen molar-refractivity contribution >= 4 is 0 Å². The van der Waals surface area contributed by atoms with Crippen LogP contribution in [0.3, 0.4) is 0 Å². The van der Waals surface area contributed by atoms with Gasteiger partial charge in [0.15, 0.2) is 5.82 Å². The van der Waals surface area contributed by atoms with Gasteiger partial charge in [-0.3, -0.25) is 0 Å². The highest BCUT2D eigenvalue weighted by Gasteiger charge is 2.13. The smallest absolute Gasteiger partial charge is 0.151 e. The largest absolute Gasteiger partial charge is 0.219 e. The molecule has 0 saturated carbocycles. The Bertz CT molecular complexity index is 506. The van der Waals surface area contributed by atoms with Crippen molar-refractivity contribution in [1.29, 1.82) is 0 Å². The van der Waals surface area contributed by atoms with E-state index in [1.807, 2.05) is 13.8 Å². The molecule has 0 spiro atoms. The topological polar surface area (TPSA) is 30.7 Å². The first-order valence-electron chi connectivity index (χ1n) is 4.95. The van der Waals surface area contributed by atoms with Crippen LogP contribution < -0.4 is 0 Å². The molecule has 5 heteroatoms. The maximum atomic E-state index is 13.5. The van der Waals surface area contributed by atoms with Gasteiger partial charge in [0.25, 0.3) is 0 Å². The molecule has 0 radical (unpaired) electrons. The van der Waals surface area contributed by atoms with Crippen LogP contribution in [0.15, 0.2) is 24.5 Å². The molecular weight excluding hydrogens is 212 g/mol.